The van der Waals surface area contributed by atoms with Crippen LogP contribution in [-0.4, -0.2) is 56.9 Å². The summed E-state index contributed by atoms with van der Waals surface area (Å²) < 4.78 is 31.1. The van der Waals surface area contributed by atoms with Gasteiger partial charge in [-0.3, -0.25) is 0 Å². The lowest BCUT2D eigenvalue weighted by Crippen LogP contribution is -2.60. The molecule has 2 aliphatic heterocycles. The van der Waals surface area contributed by atoms with Crippen molar-refractivity contribution in [3.05, 3.63) is 0 Å². The van der Waals surface area contributed by atoms with Crippen LogP contribution in [0.3, 0.4) is 0 Å². The molecule has 5 nitrogen and oxygen atoms in total. The fourth-order valence-electron chi connectivity index (χ4n) is 2.66. The van der Waals surface area contributed by atoms with E-state index in [-0.39, 0.29) is 24.3 Å². The van der Waals surface area contributed by atoms with Gasteiger partial charge in [0.2, 0.25) is 10.0 Å². The largest absolute Gasteiger partial charge is 0.381 e. The molecule has 3 atom stereocenters. The third kappa shape index (κ3) is 3.81. The van der Waals surface area contributed by atoms with Crippen LogP contribution in [-0.2, 0) is 14.8 Å². The zero-order valence-electron chi connectivity index (χ0n) is 11.0. The summed E-state index contributed by atoms with van der Waals surface area (Å²) >= 11 is 0. The van der Waals surface area contributed by atoms with E-state index in [1.165, 1.54) is 6.42 Å². The number of methoxy groups -OCH3 is 1. The Morgan fingerprint density at radius 1 is 1.33 bits per heavy atom. The number of sulfonamides is 1. The molecule has 18 heavy (non-hydrogen) atoms. The molecule has 0 radical (unpaired) electrons. The Labute approximate surface area is 116 Å². The summed E-state index contributed by atoms with van der Waals surface area (Å²) in [6, 6.07) is 0.685. The molecular formula is C11H23ClN2O3S. The quantitative estimate of drug-likeness (QED) is 0.826. The molecule has 2 heterocycles. The molecule has 0 aromatic carbocycles. The molecule has 2 saturated heterocycles. The van der Waals surface area contributed by atoms with Gasteiger partial charge in [-0.05, 0) is 19.8 Å². The Bertz CT molecular complexity index is 351. The highest BCUT2D eigenvalue weighted by Crippen LogP contribution is 2.22. The molecule has 2 fully saturated rings. The van der Waals surface area contributed by atoms with Gasteiger partial charge in [0.15, 0.2) is 0 Å². The minimum atomic E-state index is -3.17. The maximum absolute atomic E-state index is 12.2. The maximum atomic E-state index is 12.2. The first-order valence-electron chi connectivity index (χ1n) is 6.28. The van der Waals surface area contributed by atoms with Gasteiger partial charge in [-0.1, -0.05) is 6.42 Å². The van der Waals surface area contributed by atoms with E-state index in [0.29, 0.717) is 25.2 Å². The number of hydrogen-bond acceptors (Lipinski definition) is 4. The number of rotatable bonds is 4. The predicted molar refractivity (Wildman–Crippen MR) is 73.6 cm³/mol. The maximum Gasteiger partial charge on any atom is 0.216 e. The molecular weight excluding hydrogens is 276 g/mol. The van der Waals surface area contributed by atoms with E-state index in [0.717, 1.165) is 12.8 Å². The molecule has 0 amide bonds. The second kappa shape index (κ2) is 6.52. The molecule has 3 unspecified atom stereocenters. The lowest BCUT2D eigenvalue weighted by Gasteiger charge is -2.41. The Morgan fingerprint density at radius 2 is 1.89 bits per heavy atom. The number of piperazine rings is 1. The first-order valence-corrected chi connectivity index (χ1v) is 7.89. The zero-order valence-corrected chi connectivity index (χ0v) is 12.6. The predicted octanol–water partition coefficient (Wildman–Crippen LogP) is 0.599. The van der Waals surface area contributed by atoms with Crippen molar-refractivity contribution in [3.8, 4) is 0 Å². The van der Waals surface area contributed by atoms with Crippen molar-refractivity contribution >= 4 is 22.4 Å². The average Bonchev–Trinajstić information content (AvgIpc) is 2.27. The monoisotopic (exact) mass is 298 g/mol. The van der Waals surface area contributed by atoms with Gasteiger partial charge >= 0.3 is 0 Å². The van der Waals surface area contributed by atoms with Crippen molar-refractivity contribution in [3.63, 3.8) is 0 Å². The Kier molecular flexibility index (Phi) is 5.86. The van der Waals surface area contributed by atoms with Crippen molar-refractivity contribution in [2.75, 3.05) is 26.0 Å². The van der Waals surface area contributed by atoms with E-state index in [2.05, 4.69) is 5.32 Å². The number of piperidine rings is 1. The summed E-state index contributed by atoms with van der Waals surface area (Å²) in [5.41, 5.74) is 0. The summed E-state index contributed by atoms with van der Waals surface area (Å²) in [7, 11) is -1.62. The van der Waals surface area contributed by atoms with Gasteiger partial charge in [-0.25, -0.2) is 8.42 Å². The van der Waals surface area contributed by atoms with Crippen molar-refractivity contribution in [2.45, 2.75) is 44.4 Å². The lowest BCUT2D eigenvalue weighted by molar-refractivity contribution is 0.132. The Morgan fingerprint density at radius 3 is 2.39 bits per heavy atom. The van der Waals surface area contributed by atoms with Crippen molar-refractivity contribution in [1.82, 2.24) is 9.62 Å². The van der Waals surface area contributed by atoms with E-state index >= 15 is 0 Å². The van der Waals surface area contributed by atoms with Gasteiger partial charge in [0.25, 0.3) is 0 Å². The van der Waals surface area contributed by atoms with Crippen molar-refractivity contribution in [2.24, 2.45) is 0 Å². The average molecular weight is 299 g/mol. The third-order valence-corrected chi connectivity index (χ3v) is 5.64. The van der Waals surface area contributed by atoms with Crippen LogP contribution in [0.15, 0.2) is 0 Å². The molecule has 0 aromatic rings. The van der Waals surface area contributed by atoms with Crippen LogP contribution < -0.4 is 5.32 Å². The highest BCUT2D eigenvalue weighted by atomic mass is 35.5. The molecule has 1 N–H and O–H groups in total. The molecule has 2 aliphatic rings. The Balaban J connectivity index is 0.00000162. The van der Waals surface area contributed by atoms with Gasteiger partial charge in [0.05, 0.1) is 11.9 Å². The smallest absolute Gasteiger partial charge is 0.216 e. The van der Waals surface area contributed by atoms with Crippen LogP contribution in [0.1, 0.15) is 26.2 Å². The van der Waals surface area contributed by atoms with E-state index in [1.54, 1.807) is 18.3 Å². The fraction of sp³-hybridized carbons (Fsp3) is 1.00. The summed E-state index contributed by atoms with van der Waals surface area (Å²) in [5, 5.41) is 3.48. The van der Waals surface area contributed by atoms with Gasteiger partial charge in [0, 0.05) is 32.3 Å². The summed E-state index contributed by atoms with van der Waals surface area (Å²) in [5.74, 6) is 0.0862. The minimum absolute atomic E-state index is 0. The van der Waals surface area contributed by atoms with Gasteiger partial charge in [-0.15, -0.1) is 12.4 Å². The first-order chi connectivity index (χ1) is 8.01. The van der Waals surface area contributed by atoms with Crippen molar-refractivity contribution in [1.29, 1.82) is 0 Å². The van der Waals surface area contributed by atoms with E-state index in [4.69, 9.17) is 4.74 Å². The highest BCUT2D eigenvalue weighted by molar-refractivity contribution is 7.89. The minimum Gasteiger partial charge on any atom is -0.381 e. The second-order valence-electron chi connectivity index (χ2n) is 5.13. The molecule has 108 valence electrons. The lowest BCUT2D eigenvalue weighted by atomic mass is 9.96. The topological polar surface area (TPSA) is 58.6 Å². The standard InChI is InChI=1S/C11H22N2O3S.ClH/c1-9(16-2)8-17(14,15)13-6-10-4-3-5-11(7-13)12-10;/h9-12H,3-8H2,1-2H3;1H. The molecule has 2 rings (SSSR count). The molecule has 0 spiro atoms. The van der Waals surface area contributed by atoms with Gasteiger partial charge in [0.1, 0.15) is 0 Å². The van der Waals surface area contributed by atoms with Gasteiger partial charge < -0.3 is 10.1 Å². The summed E-state index contributed by atoms with van der Waals surface area (Å²) in [4.78, 5) is 0. The number of nitrogens with one attached hydrogen (secondary N) is 1. The van der Waals surface area contributed by atoms with Crippen LogP contribution >= 0.6 is 12.4 Å². The summed E-state index contributed by atoms with van der Waals surface area (Å²) in [6.07, 6.45) is 3.14. The number of ether oxygens (including phenoxy) is 1. The van der Waals surface area contributed by atoms with Crippen LogP contribution in [0.5, 0.6) is 0 Å². The van der Waals surface area contributed by atoms with Crippen LogP contribution in [0.2, 0.25) is 0 Å². The van der Waals surface area contributed by atoms with E-state index < -0.39 is 10.0 Å². The zero-order chi connectivity index (χ0) is 12.5. The SMILES string of the molecule is COC(C)CS(=O)(=O)N1CC2CCCC(C1)N2.Cl. The second-order valence-corrected chi connectivity index (χ2v) is 7.15. The molecule has 7 heteroatoms. The number of fused-ring (bicyclic) bond motifs is 2. The molecule has 0 aromatic heterocycles. The number of nitrogens with zero attached hydrogens (tertiary/aromatic N) is 1. The van der Waals surface area contributed by atoms with E-state index in [1.807, 2.05) is 0 Å². The Hall–Kier alpha value is 0.120. The molecule has 0 aliphatic carbocycles. The van der Waals surface area contributed by atoms with Crippen LogP contribution in [0, 0.1) is 0 Å². The highest BCUT2D eigenvalue weighted by Gasteiger charge is 2.35. The molecule has 0 saturated carbocycles. The van der Waals surface area contributed by atoms with Crippen LogP contribution in [0.25, 0.3) is 0 Å². The normalized spacial score (nSPS) is 30.6. The summed E-state index contributed by atoms with van der Waals surface area (Å²) in [6.45, 7) is 3.03. The van der Waals surface area contributed by atoms with Crippen LogP contribution in [0.4, 0.5) is 0 Å². The van der Waals surface area contributed by atoms with Crippen molar-refractivity contribution < 1.29 is 13.2 Å². The van der Waals surface area contributed by atoms with Gasteiger partial charge in [-0.2, -0.15) is 4.31 Å². The number of halogens is 1. The third-order valence-electron chi connectivity index (χ3n) is 3.67. The fourth-order valence-corrected chi connectivity index (χ4v) is 4.42. The number of hydrogen-bond donors (Lipinski definition) is 1. The first kappa shape index (κ1) is 16.2. The molecule has 2 bridgehead atoms. The van der Waals surface area contributed by atoms with E-state index in [9.17, 15) is 8.42 Å².